The third kappa shape index (κ3) is 3.49. The largest absolute Gasteiger partial charge is 0.339 e. The summed E-state index contributed by atoms with van der Waals surface area (Å²) in [6.45, 7) is 10.3. The first-order valence-corrected chi connectivity index (χ1v) is 5.81. The Hall–Kier alpha value is -0.570. The quantitative estimate of drug-likeness (QED) is 0.761. The van der Waals surface area contributed by atoms with Gasteiger partial charge in [-0.3, -0.25) is 4.79 Å². The summed E-state index contributed by atoms with van der Waals surface area (Å²) in [5.74, 6) is 0.295. The second-order valence-electron chi connectivity index (χ2n) is 4.97. The van der Waals surface area contributed by atoms with Crippen molar-refractivity contribution in [2.45, 2.75) is 59.0 Å². The van der Waals surface area contributed by atoms with E-state index in [0.717, 1.165) is 12.8 Å². The molecule has 0 aromatic carbocycles. The Morgan fingerprint density at radius 1 is 1.40 bits per heavy atom. The molecule has 0 spiro atoms. The molecule has 0 aliphatic carbocycles. The van der Waals surface area contributed by atoms with Crippen molar-refractivity contribution in [3.8, 4) is 0 Å². The lowest BCUT2D eigenvalue weighted by Gasteiger charge is -2.37. The Kier molecular flexibility index (Phi) is 5.29. The highest BCUT2D eigenvalue weighted by molar-refractivity contribution is 5.82. The van der Waals surface area contributed by atoms with Crippen molar-refractivity contribution in [2.75, 3.05) is 7.05 Å². The van der Waals surface area contributed by atoms with E-state index in [2.05, 4.69) is 27.7 Å². The minimum atomic E-state index is -0.370. The first-order valence-electron chi connectivity index (χ1n) is 5.81. The number of rotatable bonds is 5. The Morgan fingerprint density at radius 3 is 2.20 bits per heavy atom. The first kappa shape index (κ1) is 14.4. The molecule has 0 saturated carbocycles. The Bertz CT molecular complexity index is 214. The van der Waals surface area contributed by atoms with Crippen LogP contribution in [0.2, 0.25) is 0 Å². The van der Waals surface area contributed by atoms with E-state index in [-0.39, 0.29) is 23.4 Å². The van der Waals surface area contributed by atoms with Crippen molar-refractivity contribution in [1.29, 1.82) is 0 Å². The summed E-state index contributed by atoms with van der Waals surface area (Å²) >= 11 is 0. The number of hydrogen-bond acceptors (Lipinski definition) is 2. The van der Waals surface area contributed by atoms with Gasteiger partial charge < -0.3 is 10.6 Å². The first-order chi connectivity index (χ1) is 6.77. The normalized spacial score (nSPS) is 15.9. The molecule has 1 amide bonds. The van der Waals surface area contributed by atoms with E-state index in [0.29, 0.717) is 0 Å². The van der Waals surface area contributed by atoms with E-state index >= 15 is 0 Å². The Labute approximate surface area is 94.0 Å². The molecule has 15 heavy (non-hydrogen) atoms. The van der Waals surface area contributed by atoms with Crippen LogP contribution >= 0.6 is 0 Å². The number of nitrogens with zero attached hydrogens (tertiary/aromatic N) is 1. The van der Waals surface area contributed by atoms with Gasteiger partial charge in [-0.05, 0) is 26.2 Å². The summed E-state index contributed by atoms with van der Waals surface area (Å²) in [7, 11) is 1.84. The molecule has 3 nitrogen and oxygen atoms in total. The topological polar surface area (TPSA) is 46.3 Å². The molecule has 0 radical (unpaired) electrons. The molecule has 1 unspecified atom stereocenters. The van der Waals surface area contributed by atoms with Crippen LogP contribution in [0.5, 0.6) is 0 Å². The Morgan fingerprint density at radius 2 is 1.87 bits per heavy atom. The van der Waals surface area contributed by atoms with Crippen LogP contribution in [0.3, 0.4) is 0 Å². The van der Waals surface area contributed by atoms with Gasteiger partial charge in [0.2, 0.25) is 5.91 Å². The van der Waals surface area contributed by atoms with Crippen molar-refractivity contribution in [3.05, 3.63) is 0 Å². The predicted octanol–water partition coefficient (Wildman–Crippen LogP) is 2.01. The number of amides is 1. The third-order valence-corrected chi connectivity index (χ3v) is 3.65. The lowest BCUT2D eigenvalue weighted by molar-refractivity contribution is -0.137. The zero-order valence-electron chi connectivity index (χ0n) is 11.0. The van der Waals surface area contributed by atoms with Crippen molar-refractivity contribution in [3.63, 3.8) is 0 Å². The zero-order valence-corrected chi connectivity index (χ0v) is 11.0. The number of hydrogen-bond donors (Lipinski definition) is 1. The second-order valence-corrected chi connectivity index (χ2v) is 4.97. The molecule has 2 N–H and O–H groups in total. The highest BCUT2D eigenvalue weighted by atomic mass is 16.2. The van der Waals surface area contributed by atoms with E-state index in [4.69, 9.17) is 5.73 Å². The standard InChI is InChI=1S/C12H26N2O/c1-7-9(3)10(13)11(15)14(6)12(4,5)8-2/h9-10H,7-8,13H2,1-6H3/t9?,10-/m0/s1. The smallest absolute Gasteiger partial charge is 0.239 e. The second kappa shape index (κ2) is 5.50. The van der Waals surface area contributed by atoms with Crippen LogP contribution in [0, 0.1) is 5.92 Å². The average Bonchev–Trinajstić information content (AvgIpc) is 2.24. The van der Waals surface area contributed by atoms with E-state index in [9.17, 15) is 4.79 Å². The van der Waals surface area contributed by atoms with E-state index in [1.165, 1.54) is 0 Å². The molecule has 0 rings (SSSR count). The van der Waals surface area contributed by atoms with Crippen LogP contribution in [0.15, 0.2) is 0 Å². The molecule has 0 aromatic heterocycles. The maximum atomic E-state index is 12.0. The van der Waals surface area contributed by atoms with Gasteiger partial charge in [-0.25, -0.2) is 0 Å². The molecule has 3 heteroatoms. The minimum Gasteiger partial charge on any atom is -0.339 e. The molecule has 0 aliphatic rings. The maximum absolute atomic E-state index is 12.0. The fraction of sp³-hybridized carbons (Fsp3) is 0.917. The zero-order chi connectivity index (χ0) is 12.2. The number of likely N-dealkylation sites (N-methyl/N-ethyl adjacent to an activating group) is 1. The van der Waals surface area contributed by atoms with Gasteiger partial charge in [-0.15, -0.1) is 0 Å². The molecular formula is C12H26N2O. The summed E-state index contributed by atoms with van der Waals surface area (Å²) in [5.41, 5.74) is 5.82. The van der Waals surface area contributed by atoms with Gasteiger partial charge in [0, 0.05) is 12.6 Å². The SMILES string of the molecule is CCC(C)[C@H](N)C(=O)N(C)C(C)(C)CC. The monoisotopic (exact) mass is 214 g/mol. The van der Waals surface area contributed by atoms with Gasteiger partial charge in [-0.1, -0.05) is 27.2 Å². The molecule has 2 atom stereocenters. The predicted molar refractivity (Wildman–Crippen MR) is 64.6 cm³/mol. The molecule has 90 valence electrons. The van der Waals surface area contributed by atoms with Gasteiger partial charge in [0.05, 0.1) is 6.04 Å². The summed E-state index contributed by atoms with van der Waals surface area (Å²) in [5, 5.41) is 0. The summed E-state index contributed by atoms with van der Waals surface area (Å²) in [4.78, 5) is 13.8. The van der Waals surface area contributed by atoms with Gasteiger partial charge >= 0.3 is 0 Å². The fourth-order valence-electron chi connectivity index (χ4n) is 1.26. The maximum Gasteiger partial charge on any atom is 0.239 e. The summed E-state index contributed by atoms with van der Waals surface area (Å²) in [6.07, 6.45) is 1.87. The van der Waals surface area contributed by atoms with Crippen molar-refractivity contribution >= 4 is 5.91 Å². The van der Waals surface area contributed by atoms with Gasteiger partial charge in [0.1, 0.15) is 0 Å². The summed E-state index contributed by atoms with van der Waals surface area (Å²) in [6, 6.07) is -0.370. The van der Waals surface area contributed by atoms with E-state index in [1.54, 1.807) is 4.90 Å². The van der Waals surface area contributed by atoms with E-state index in [1.807, 2.05) is 14.0 Å². The lowest BCUT2D eigenvalue weighted by atomic mass is 9.94. The molecule has 0 fully saturated rings. The van der Waals surface area contributed by atoms with Crippen LogP contribution in [-0.4, -0.2) is 29.4 Å². The molecule has 0 heterocycles. The van der Waals surface area contributed by atoms with Gasteiger partial charge in [0.25, 0.3) is 0 Å². The molecule has 0 aromatic rings. The highest BCUT2D eigenvalue weighted by Gasteiger charge is 2.30. The Balaban J connectivity index is 4.58. The van der Waals surface area contributed by atoms with Gasteiger partial charge in [0.15, 0.2) is 0 Å². The fourth-order valence-corrected chi connectivity index (χ4v) is 1.26. The van der Waals surface area contributed by atoms with Gasteiger partial charge in [-0.2, -0.15) is 0 Å². The van der Waals surface area contributed by atoms with Crippen LogP contribution in [0.4, 0.5) is 0 Å². The summed E-state index contributed by atoms with van der Waals surface area (Å²) < 4.78 is 0. The minimum absolute atomic E-state index is 0.0520. The van der Waals surface area contributed by atoms with Crippen LogP contribution in [-0.2, 0) is 4.79 Å². The number of carbonyl (C=O) groups excluding carboxylic acids is 1. The van der Waals surface area contributed by atoms with Crippen molar-refractivity contribution < 1.29 is 4.79 Å². The van der Waals surface area contributed by atoms with E-state index < -0.39 is 0 Å². The third-order valence-electron chi connectivity index (χ3n) is 3.65. The molecule has 0 aliphatic heterocycles. The number of nitrogens with two attached hydrogens (primary N) is 1. The van der Waals surface area contributed by atoms with Crippen molar-refractivity contribution in [2.24, 2.45) is 11.7 Å². The van der Waals surface area contributed by atoms with Crippen LogP contribution in [0.1, 0.15) is 47.5 Å². The lowest BCUT2D eigenvalue weighted by Crippen LogP contribution is -2.53. The molecular weight excluding hydrogens is 188 g/mol. The van der Waals surface area contributed by atoms with Crippen LogP contribution < -0.4 is 5.73 Å². The average molecular weight is 214 g/mol. The van der Waals surface area contributed by atoms with Crippen molar-refractivity contribution in [1.82, 2.24) is 4.90 Å². The molecule has 0 bridgehead atoms. The van der Waals surface area contributed by atoms with Crippen LogP contribution in [0.25, 0.3) is 0 Å². The highest BCUT2D eigenvalue weighted by Crippen LogP contribution is 2.19. The molecule has 0 saturated heterocycles. The number of carbonyl (C=O) groups is 1.